The molecule has 0 fully saturated rings. The normalized spacial score (nSPS) is 14.5. The minimum absolute atomic E-state index is 0.0505. The molecule has 2 N–H and O–H groups in total. The van der Waals surface area contributed by atoms with E-state index >= 15 is 0 Å². The number of benzene rings is 2. The summed E-state index contributed by atoms with van der Waals surface area (Å²) in [6.07, 6.45) is 3.54. The highest BCUT2D eigenvalue weighted by Gasteiger charge is 2.53. The number of thiophene rings is 1. The number of nitrogens with zero attached hydrogens (tertiary/aromatic N) is 1. The molecule has 0 aliphatic rings. The maximum atomic E-state index is 13.4. The van der Waals surface area contributed by atoms with E-state index in [4.69, 9.17) is 0 Å². The third-order valence-corrected chi connectivity index (χ3v) is 9.03. The molecule has 0 saturated carbocycles. The van der Waals surface area contributed by atoms with E-state index in [0.29, 0.717) is 0 Å². The summed E-state index contributed by atoms with van der Waals surface area (Å²) in [5.74, 6) is -1.66. The fourth-order valence-corrected chi connectivity index (χ4v) is 7.55. The summed E-state index contributed by atoms with van der Waals surface area (Å²) in [5, 5.41) is 12.1. The molecule has 4 aromatic rings. The van der Waals surface area contributed by atoms with Gasteiger partial charge in [0, 0.05) is 38.1 Å². The van der Waals surface area contributed by atoms with E-state index in [1.165, 1.54) is 11.3 Å². The first kappa shape index (κ1) is 24.3. The number of aliphatic carboxylic acids is 1. The SMILES string of the molecule is CC(C)C(NS(=O)(=O)c1ccc2c(c1)sc1ccc(-c3cccnc3)cc12)(C(=O)O)C(C)(C)C. The summed E-state index contributed by atoms with van der Waals surface area (Å²) in [5.41, 5.74) is -0.482. The van der Waals surface area contributed by atoms with Gasteiger partial charge in [0.15, 0.2) is 0 Å². The molecule has 0 amide bonds. The average Bonchev–Trinajstić information content (AvgIpc) is 3.14. The molecule has 0 aliphatic heterocycles. The van der Waals surface area contributed by atoms with Crippen LogP contribution >= 0.6 is 11.3 Å². The number of hydrogen-bond acceptors (Lipinski definition) is 5. The van der Waals surface area contributed by atoms with E-state index in [0.717, 1.165) is 31.3 Å². The van der Waals surface area contributed by atoms with Gasteiger partial charge in [-0.2, -0.15) is 4.72 Å². The van der Waals surface area contributed by atoms with Crippen LogP contribution in [-0.4, -0.2) is 30.0 Å². The molecular formula is C26H28N2O4S2. The van der Waals surface area contributed by atoms with Crippen LogP contribution in [0.5, 0.6) is 0 Å². The minimum atomic E-state index is -4.10. The number of carboxylic acid groups (broad SMARTS) is 1. The maximum Gasteiger partial charge on any atom is 0.325 e. The smallest absolute Gasteiger partial charge is 0.325 e. The summed E-state index contributed by atoms with van der Waals surface area (Å²) >= 11 is 1.51. The Morgan fingerprint density at radius 2 is 1.74 bits per heavy atom. The summed E-state index contributed by atoms with van der Waals surface area (Å²) in [6.45, 7) is 8.64. The third kappa shape index (κ3) is 4.00. The Morgan fingerprint density at radius 1 is 1.00 bits per heavy atom. The van der Waals surface area contributed by atoms with E-state index < -0.39 is 32.9 Å². The third-order valence-electron chi connectivity index (χ3n) is 6.43. The fraction of sp³-hybridized carbons (Fsp3) is 0.308. The van der Waals surface area contributed by atoms with E-state index in [-0.39, 0.29) is 4.90 Å². The lowest BCUT2D eigenvalue weighted by Crippen LogP contribution is -2.65. The van der Waals surface area contributed by atoms with Crippen molar-refractivity contribution in [3.8, 4) is 11.1 Å². The van der Waals surface area contributed by atoms with Gasteiger partial charge in [0.25, 0.3) is 0 Å². The Morgan fingerprint density at radius 3 is 2.32 bits per heavy atom. The van der Waals surface area contributed by atoms with Crippen LogP contribution in [0.25, 0.3) is 31.3 Å². The van der Waals surface area contributed by atoms with Crippen molar-refractivity contribution in [3.05, 3.63) is 60.9 Å². The number of carbonyl (C=O) groups is 1. The van der Waals surface area contributed by atoms with Crippen LogP contribution in [0.4, 0.5) is 0 Å². The number of nitrogens with one attached hydrogen (secondary N) is 1. The average molecular weight is 497 g/mol. The Labute approximate surface area is 203 Å². The number of aromatic nitrogens is 1. The molecule has 0 radical (unpaired) electrons. The van der Waals surface area contributed by atoms with Crippen LogP contribution < -0.4 is 4.72 Å². The Hall–Kier alpha value is -2.81. The molecule has 4 rings (SSSR count). The van der Waals surface area contributed by atoms with Gasteiger partial charge in [0.2, 0.25) is 10.0 Å². The zero-order chi connectivity index (χ0) is 24.9. The molecule has 0 spiro atoms. The number of fused-ring (bicyclic) bond motifs is 3. The number of carboxylic acids is 1. The van der Waals surface area contributed by atoms with E-state index in [1.807, 2.05) is 30.5 Å². The van der Waals surface area contributed by atoms with Crippen molar-refractivity contribution < 1.29 is 18.3 Å². The Balaban J connectivity index is 1.80. The molecule has 178 valence electrons. The first-order chi connectivity index (χ1) is 15.9. The van der Waals surface area contributed by atoms with Gasteiger partial charge in [-0.15, -0.1) is 11.3 Å². The summed E-state index contributed by atoms with van der Waals surface area (Å²) in [6, 6.07) is 15.0. The number of rotatable bonds is 6. The van der Waals surface area contributed by atoms with Gasteiger partial charge < -0.3 is 5.11 Å². The van der Waals surface area contributed by atoms with Crippen molar-refractivity contribution in [1.82, 2.24) is 9.71 Å². The van der Waals surface area contributed by atoms with Gasteiger partial charge in [-0.1, -0.05) is 52.8 Å². The lowest BCUT2D eigenvalue weighted by Gasteiger charge is -2.44. The molecule has 8 heteroatoms. The second kappa shape index (κ2) is 8.45. The van der Waals surface area contributed by atoms with Gasteiger partial charge in [-0.25, -0.2) is 8.42 Å². The van der Waals surface area contributed by atoms with Gasteiger partial charge >= 0.3 is 5.97 Å². The predicted molar refractivity (Wildman–Crippen MR) is 138 cm³/mol. The van der Waals surface area contributed by atoms with Crippen LogP contribution in [0, 0.1) is 11.3 Å². The summed E-state index contributed by atoms with van der Waals surface area (Å²) < 4.78 is 31.3. The van der Waals surface area contributed by atoms with E-state index in [1.54, 1.807) is 59.0 Å². The fourth-order valence-electron chi connectivity index (χ4n) is 4.66. The molecule has 34 heavy (non-hydrogen) atoms. The largest absolute Gasteiger partial charge is 0.480 e. The van der Waals surface area contributed by atoms with Gasteiger partial charge in [-0.3, -0.25) is 9.78 Å². The van der Waals surface area contributed by atoms with Gasteiger partial charge in [0.1, 0.15) is 5.54 Å². The van der Waals surface area contributed by atoms with Gasteiger partial charge in [-0.05, 0) is 47.2 Å². The molecule has 0 aliphatic carbocycles. The molecule has 2 aromatic heterocycles. The molecule has 1 atom stereocenters. The first-order valence-electron chi connectivity index (χ1n) is 11.0. The predicted octanol–water partition coefficient (Wildman–Crippen LogP) is 5.92. The molecule has 1 unspecified atom stereocenters. The lowest BCUT2D eigenvalue weighted by molar-refractivity contribution is -0.151. The standard InChI is InChI=1S/C26H28N2O4S2/c1-16(2)26(24(29)30,25(3,4)5)28-34(31,32)19-9-10-20-21-13-17(18-7-6-12-27-15-18)8-11-22(21)33-23(20)14-19/h6-16,28H,1-5H3,(H,29,30). The van der Waals surface area contributed by atoms with Crippen LogP contribution in [0.2, 0.25) is 0 Å². The molecule has 0 saturated heterocycles. The molecule has 6 nitrogen and oxygen atoms in total. The van der Waals surface area contributed by atoms with Gasteiger partial charge in [0.05, 0.1) is 4.90 Å². The summed E-state index contributed by atoms with van der Waals surface area (Å²) in [7, 11) is -4.10. The van der Waals surface area contributed by atoms with Crippen molar-refractivity contribution in [2.45, 2.75) is 45.1 Å². The van der Waals surface area contributed by atoms with Crippen LogP contribution in [0.15, 0.2) is 65.8 Å². The van der Waals surface area contributed by atoms with Crippen LogP contribution in [0.3, 0.4) is 0 Å². The quantitative estimate of drug-likeness (QED) is 0.345. The second-order valence-corrected chi connectivity index (χ2v) is 12.6. The summed E-state index contributed by atoms with van der Waals surface area (Å²) in [4.78, 5) is 16.6. The van der Waals surface area contributed by atoms with Crippen LogP contribution in [-0.2, 0) is 14.8 Å². The number of hydrogen-bond donors (Lipinski definition) is 2. The van der Waals surface area contributed by atoms with Crippen molar-refractivity contribution in [1.29, 1.82) is 0 Å². The number of sulfonamides is 1. The van der Waals surface area contributed by atoms with Crippen molar-refractivity contribution >= 4 is 47.5 Å². The van der Waals surface area contributed by atoms with Crippen LogP contribution in [0.1, 0.15) is 34.6 Å². The zero-order valence-electron chi connectivity index (χ0n) is 19.8. The highest BCUT2D eigenvalue weighted by atomic mass is 32.2. The number of pyridine rings is 1. The van der Waals surface area contributed by atoms with Crippen molar-refractivity contribution in [2.24, 2.45) is 11.3 Å². The molecule has 2 heterocycles. The van der Waals surface area contributed by atoms with E-state index in [2.05, 4.69) is 15.8 Å². The zero-order valence-corrected chi connectivity index (χ0v) is 21.4. The molecular weight excluding hydrogens is 468 g/mol. The lowest BCUT2D eigenvalue weighted by atomic mass is 9.68. The van der Waals surface area contributed by atoms with E-state index in [9.17, 15) is 18.3 Å². The van der Waals surface area contributed by atoms with Crippen molar-refractivity contribution in [3.63, 3.8) is 0 Å². The topological polar surface area (TPSA) is 96.4 Å². The highest BCUT2D eigenvalue weighted by Crippen LogP contribution is 2.40. The second-order valence-electron chi connectivity index (χ2n) is 9.84. The Bertz CT molecular complexity index is 1490. The molecule has 2 aromatic carbocycles. The molecule has 0 bridgehead atoms. The highest BCUT2D eigenvalue weighted by molar-refractivity contribution is 7.89. The monoisotopic (exact) mass is 496 g/mol. The Kier molecular flexibility index (Phi) is 6.04. The van der Waals surface area contributed by atoms with Crippen molar-refractivity contribution in [2.75, 3.05) is 0 Å². The first-order valence-corrected chi connectivity index (χ1v) is 13.3. The maximum absolute atomic E-state index is 13.4. The minimum Gasteiger partial charge on any atom is -0.480 e.